The lowest BCUT2D eigenvalue weighted by molar-refractivity contribution is -0.143. The molecule has 4 N–H and O–H groups in total. The van der Waals surface area contributed by atoms with Crippen LogP contribution in [0, 0.1) is 6.92 Å². The summed E-state index contributed by atoms with van der Waals surface area (Å²) in [5.41, 5.74) is 11.6. The molecule has 29 heavy (non-hydrogen) atoms. The number of fused-ring (bicyclic) bond motifs is 1. The van der Waals surface area contributed by atoms with Crippen molar-refractivity contribution in [1.29, 1.82) is 0 Å². The number of nitrogens with zero attached hydrogens (tertiary/aromatic N) is 2. The van der Waals surface area contributed by atoms with Crippen molar-refractivity contribution >= 4 is 22.0 Å². The molecule has 1 heterocycles. The molecule has 162 valence electrons. The Labute approximate surface area is 172 Å². The van der Waals surface area contributed by atoms with Crippen molar-refractivity contribution in [3.8, 4) is 5.75 Å². The van der Waals surface area contributed by atoms with Gasteiger partial charge in [-0.15, -0.1) is 0 Å². The number of benzene rings is 1. The van der Waals surface area contributed by atoms with Crippen molar-refractivity contribution in [1.82, 2.24) is 4.31 Å². The number of nitrogens with two attached hydrogens (primary N) is 2. The van der Waals surface area contributed by atoms with Crippen LogP contribution in [0.4, 0.5) is 0 Å². The third kappa shape index (κ3) is 6.60. The molecule has 0 fully saturated rings. The van der Waals surface area contributed by atoms with E-state index < -0.39 is 21.6 Å². The summed E-state index contributed by atoms with van der Waals surface area (Å²) in [6.07, 6.45) is 2.76. The van der Waals surface area contributed by atoms with E-state index in [9.17, 15) is 13.2 Å². The van der Waals surface area contributed by atoms with E-state index in [1.54, 1.807) is 0 Å². The Bertz CT molecular complexity index is 879. The van der Waals surface area contributed by atoms with E-state index >= 15 is 0 Å². The first kappa shape index (κ1) is 23.0. The van der Waals surface area contributed by atoms with Crippen molar-refractivity contribution in [3.63, 3.8) is 0 Å². The van der Waals surface area contributed by atoms with Crippen LogP contribution in [-0.4, -0.2) is 43.1 Å². The summed E-state index contributed by atoms with van der Waals surface area (Å²) in [6.45, 7) is 6.14. The lowest BCUT2D eigenvalue weighted by Crippen LogP contribution is -2.43. The third-order valence-corrected chi connectivity index (χ3v) is 5.92. The van der Waals surface area contributed by atoms with Crippen LogP contribution in [-0.2, 0) is 19.7 Å². The van der Waals surface area contributed by atoms with E-state index in [0.717, 1.165) is 11.1 Å². The molecule has 0 aliphatic carbocycles. The Morgan fingerprint density at radius 1 is 1.34 bits per heavy atom. The summed E-state index contributed by atoms with van der Waals surface area (Å²) >= 11 is 0. The Kier molecular flexibility index (Phi) is 7.12. The van der Waals surface area contributed by atoms with Gasteiger partial charge in [0.05, 0.1) is 12.3 Å². The third-order valence-electron chi connectivity index (χ3n) is 4.63. The number of unbranched alkanes of at least 4 members (excludes halogenated alkanes) is 1. The highest BCUT2D eigenvalue weighted by molar-refractivity contribution is 7.88. The van der Waals surface area contributed by atoms with Crippen LogP contribution in [0.25, 0.3) is 0 Å². The fourth-order valence-electron chi connectivity index (χ4n) is 3.43. The number of oxime groups is 1. The predicted molar refractivity (Wildman–Crippen MR) is 111 cm³/mol. The smallest absolute Gasteiger partial charge is 0.335 e. The molecule has 1 aromatic rings. The van der Waals surface area contributed by atoms with Gasteiger partial charge in [0.1, 0.15) is 11.4 Å². The van der Waals surface area contributed by atoms with Crippen molar-refractivity contribution in [3.05, 3.63) is 29.3 Å². The molecule has 1 aliphatic heterocycles. The number of sulfonamides is 1. The largest absolute Gasteiger partial charge is 0.487 e. The second kappa shape index (κ2) is 9.00. The van der Waals surface area contributed by atoms with Gasteiger partial charge in [-0.1, -0.05) is 17.7 Å². The predicted octanol–water partition coefficient (Wildman–Crippen LogP) is 1.76. The molecule has 1 aliphatic rings. The molecule has 0 aromatic heterocycles. The van der Waals surface area contributed by atoms with E-state index in [1.807, 2.05) is 39.0 Å². The Morgan fingerprint density at radius 3 is 2.66 bits per heavy atom. The number of guanidine groups is 1. The molecule has 0 amide bonds. The summed E-state index contributed by atoms with van der Waals surface area (Å²) in [7, 11) is -3.49. The molecule has 1 aromatic carbocycles. The molecular formula is C19H30N4O5S. The summed E-state index contributed by atoms with van der Waals surface area (Å²) in [5.74, 6) is -0.207. The topological polar surface area (TPSA) is 137 Å². The molecular weight excluding hydrogens is 396 g/mol. The van der Waals surface area contributed by atoms with E-state index in [2.05, 4.69) is 9.99 Å². The number of carbonyl (C=O) groups excluding carboxylic acids is 1. The van der Waals surface area contributed by atoms with Gasteiger partial charge in [-0.3, -0.25) is 0 Å². The van der Waals surface area contributed by atoms with Gasteiger partial charge in [0, 0.05) is 24.9 Å². The first-order valence-electron chi connectivity index (χ1n) is 9.44. The van der Waals surface area contributed by atoms with Crippen LogP contribution in [0.1, 0.15) is 56.7 Å². The first-order valence-corrected chi connectivity index (χ1v) is 11.3. The highest BCUT2D eigenvalue weighted by Crippen LogP contribution is 2.43. The van der Waals surface area contributed by atoms with Crippen LogP contribution in [0.3, 0.4) is 0 Å². The number of rotatable bonds is 8. The summed E-state index contributed by atoms with van der Waals surface area (Å²) < 4.78 is 32.7. The van der Waals surface area contributed by atoms with E-state index in [-0.39, 0.29) is 25.0 Å². The zero-order valence-electron chi connectivity index (χ0n) is 17.3. The van der Waals surface area contributed by atoms with E-state index in [0.29, 0.717) is 25.0 Å². The van der Waals surface area contributed by atoms with Crippen molar-refractivity contribution in [2.24, 2.45) is 16.6 Å². The molecule has 2 rings (SSSR count). The Balaban J connectivity index is 2.14. The maximum absolute atomic E-state index is 12.6. The molecule has 0 saturated carbocycles. The molecule has 10 heteroatoms. The van der Waals surface area contributed by atoms with Crippen LogP contribution in [0.15, 0.2) is 23.4 Å². The second-order valence-corrected chi connectivity index (χ2v) is 9.87. The summed E-state index contributed by atoms with van der Waals surface area (Å²) in [4.78, 5) is 16.1. The molecule has 0 bridgehead atoms. The normalized spacial score (nSPS) is 17.9. The van der Waals surface area contributed by atoms with Gasteiger partial charge in [-0.2, -0.15) is 4.31 Å². The van der Waals surface area contributed by atoms with E-state index in [1.165, 1.54) is 10.6 Å². The molecule has 0 spiro atoms. The van der Waals surface area contributed by atoms with Crippen LogP contribution < -0.4 is 16.2 Å². The van der Waals surface area contributed by atoms with Gasteiger partial charge < -0.3 is 21.0 Å². The zero-order valence-corrected chi connectivity index (χ0v) is 18.2. The quantitative estimate of drug-likeness (QED) is 0.212. The lowest BCUT2D eigenvalue weighted by Gasteiger charge is -2.41. The van der Waals surface area contributed by atoms with Crippen molar-refractivity contribution in [2.45, 2.75) is 58.1 Å². The van der Waals surface area contributed by atoms with Crippen LogP contribution in [0.2, 0.25) is 0 Å². The lowest BCUT2D eigenvalue weighted by atomic mass is 9.89. The number of hydrogen-bond acceptors (Lipinski definition) is 6. The molecule has 9 nitrogen and oxygen atoms in total. The fourth-order valence-corrected chi connectivity index (χ4v) is 4.54. The van der Waals surface area contributed by atoms with E-state index in [4.69, 9.17) is 16.2 Å². The van der Waals surface area contributed by atoms with Gasteiger partial charge >= 0.3 is 5.97 Å². The van der Waals surface area contributed by atoms with Gasteiger partial charge in [0.15, 0.2) is 0 Å². The highest BCUT2D eigenvalue weighted by atomic mass is 32.2. The van der Waals surface area contributed by atoms with Gasteiger partial charge in [0.25, 0.3) is 0 Å². The second-order valence-electron chi connectivity index (χ2n) is 7.93. The molecule has 1 unspecified atom stereocenters. The van der Waals surface area contributed by atoms with Crippen molar-refractivity contribution in [2.75, 3.05) is 12.8 Å². The van der Waals surface area contributed by atoms with Gasteiger partial charge in [0.2, 0.25) is 16.0 Å². The highest BCUT2D eigenvalue weighted by Gasteiger charge is 2.39. The standard InChI is InChI=1S/C19H30N4O5S/c1-13-8-9-16-14(11-13)15(12-19(2,3)27-16)23(29(4,25)26)10-6-5-7-17(24)28-22-18(20)21/h8-9,11,15H,5-7,10,12H2,1-4H3,(H4,20,21,22). The minimum Gasteiger partial charge on any atom is -0.487 e. The number of aryl methyl sites for hydroxylation is 1. The molecule has 0 saturated heterocycles. The minimum absolute atomic E-state index is 0.0867. The molecule has 0 radical (unpaired) electrons. The average Bonchev–Trinajstić information content (AvgIpc) is 2.58. The van der Waals surface area contributed by atoms with Crippen molar-refractivity contribution < 1.29 is 22.8 Å². The summed E-state index contributed by atoms with van der Waals surface area (Å²) in [6, 6.07) is 5.47. The average molecular weight is 427 g/mol. The number of hydrogen-bond donors (Lipinski definition) is 2. The Hall–Kier alpha value is -2.33. The maximum Gasteiger partial charge on any atom is 0.335 e. The monoisotopic (exact) mass is 426 g/mol. The minimum atomic E-state index is -3.49. The maximum atomic E-state index is 12.6. The Morgan fingerprint density at radius 2 is 2.03 bits per heavy atom. The first-order chi connectivity index (χ1) is 13.4. The van der Waals surface area contributed by atoms with Gasteiger partial charge in [-0.25, -0.2) is 13.2 Å². The fraction of sp³-hybridized carbons (Fsp3) is 0.579. The molecule has 1 atom stereocenters. The van der Waals surface area contributed by atoms with Crippen LogP contribution >= 0.6 is 0 Å². The SMILES string of the molecule is Cc1ccc2c(c1)C(N(CCCCC(=O)ON=C(N)N)S(C)(=O)=O)CC(C)(C)O2. The zero-order chi connectivity index (χ0) is 21.8. The number of carbonyl (C=O) groups is 1. The van der Waals surface area contributed by atoms with Crippen LogP contribution in [0.5, 0.6) is 5.75 Å². The summed E-state index contributed by atoms with van der Waals surface area (Å²) in [5, 5.41) is 3.20. The number of ether oxygens (including phenoxy) is 1. The van der Waals surface area contributed by atoms with Gasteiger partial charge in [-0.05, 0) is 44.8 Å².